The Morgan fingerprint density at radius 3 is 2.73 bits per heavy atom. The zero-order valence-corrected chi connectivity index (χ0v) is 7.26. The van der Waals surface area contributed by atoms with Gasteiger partial charge in [0, 0.05) is 0 Å². The van der Waals surface area contributed by atoms with Gasteiger partial charge in [-0.2, -0.15) is 0 Å². The summed E-state index contributed by atoms with van der Waals surface area (Å²) >= 11 is 0. The number of ether oxygens (including phenoxy) is 1. The van der Waals surface area contributed by atoms with Crippen LogP contribution in [0.5, 0.6) is 0 Å². The first-order valence-electron chi connectivity index (χ1n) is 3.91. The largest absolute Gasteiger partial charge is 0.469 e. The summed E-state index contributed by atoms with van der Waals surface area (Å²) < 4.78 is 4.65. The quantitative estimate of drug-likeness (QED) is 0.425. The van der Waals surface area contributed by atoms with Crippen molar-refractivity contribution in [1.29, 1.82) is 0 Å². The van der Waals surface area contributed by atoms with Crippen molar-refractivity contribution in [3.05, 3.63) is 11.6 Å². The predicted octanol–water partition coefficient (Wildman–Crippen LogP) is 1.76. The van der Waals surface area contributed by atoms with Crippen LogP contribution in [0.2, 0.25) is 0 Å². The Balaban J connectivity index is 2.60. The van der Waals surface area contributed by atoms with E-state index in [2.05, 4.69) is 18.6 Å². The Labute approximate surface area is 67.2 Å². The molecular weight excluding hydrogens is 140 g/mol. The number of rotatable bonds is 1. The van der Waals surface area contributed by atoms with Crippen LogP contribution in [0.1, 0.15) is 20.3 Å². The van der Waals surface area contributed by atoms with Gasteiger partial charge in [0.05, 0.1) is 13.0 Å². The van der Waals surface area contributed by atoms with E-state index in [0.29, 0.717) is 5.92 Å². The van der Waals surface area contributed by atoms with Gasteiger partial charge in [0.1, 0.15) is 0 Å². The van der Waals surface area contributed by atoms with Crippen LogP contribution in [0.25, 0.3) is 0 Å². The number of carbonyl (C=O) groups is 1. The molecule has 0 N–H and O–H groups in total. The summed E-state index contributed by atoms with van der Waals surface area (Å²) in [6, 6.07) is 0. The van der Waals surface area contributed by atoms with Crippen molar-refractivity contribution in [3.63, 3.8) is 0 Å². The fourth-order valence-corrected chi connectivity index (χ4v) is 1.43. The molecule has 0 spiro atoms. The van der Waals surface area contributed by atoms with E-state index in [4.69, 9.17) is 0 Å². The van der Waals surface area contributed by atoms with Crippen LogP contribution in [0.3, 0.4) is 0 Å². The molecule has 0 radical (unpaired) electrons. The smallest absolute Gasteiger partial charge is 0.312 e. The lowest BCUT2D eigenvalue weighted by atomic mass is 10.0. The third-order valence-electron chi connectivity index (χ3n) is 2.35. The highest BCUT2D eigenvalue weighted by Crippen LogP contribution is 2.29. The molecule has 0 aromatic carbocycles. The van der Waals surface area contributed by atoms with E-state index in [1.54, 1.807) is 0 Å². The Morgan fingerprint density at radius 1 is 1.73 bits per heavy atom. The van der Waals surface area contributed by atoms with Crippen LogP contribution in [-0.2, 0) is 9.53 Å². The normalized spacial score (nSPS) is 29.9. The second-order valence-corrected chi connectivity index (χ2v) is 3.18. The van der Waals surface area contributed by atoms with Crippen LogP contribution >= 0.6 is 0 Å². The zero-order valence-electron chi connectivity index (χ0n) is 7.26. The molecule has 0 aromatic heterocycles. The molecule has 0 amide bonds. The zero-order chi connectivity index (χ0) is 8.43. The Hall–Kier alpha value is -0.790. The fourth-order valence-electron chi connectivity index (χ4n) is 1.43. The molecule has 0 aliphatic heterocycles. The van der Waals surface area contributed by atoms with Gasteiger partial charge in [0.25, 0.3) is 0 Å². The van der Waals surface area contributed by atoms with E-state index >= 15 is 0 Å². The van der Waals surface area contributed by atoms with Crippen LogP contribution < -0.4 is 0 Å². The summed E-state index contributed by atoms with van der Waals surface area (Å²) in [5.74, 6) is 0.447. The number of allylic oxidation sites excluding steroid dienone is 1. The highest BCUT2D eigenvalue weighted by Gasteiger charge is 2.26. The van der Waals surface area contributed by atoms with E-state index in [1.807, 2.05) is 6.08 Å². The van der Waals surface area contributed by atoms with Gasteiger partial charge in [-0.3, -0.25) is 4.79 Å². The first kappa shape index (κ1) is 8.31. The summed E-state index contributed by atoms with van der Waals surface area (Å²) in [6.07, 6.45) is 2.93. The SMILES string of the molecule is COC(=O)C1C=C(C)C(C)C1. The van der Waals surface area contributed by atoms with Crippen molar-refractivity contribution in [2.45, 2.75) is 20.3 Å². The van der Waals surface area contributed by atoms with Crippen LogP contribution in [0, 0.1) is 11.8 Å². The standard InChI is InChI=1S/C9H14O2/c1-6-4-8(5-7(6)2)9(10)11-3/h4,7-8H,5H2,1-3H3. The third-order valence-corrected chi connectivity index (χ3v) is 2.35. The fraction of sp³-hybridized carbons (Fsp3) is 0.667. The van der Waals surface area contributed by atoms with E-state index < -0.39 is 0 Å². The average molecular weight is 154 g/mol. The van der Waals surface area contributed by atoms with Gasteiger partial charge in [-0.1, -0.05) is 18.6 Å². The minimum Gasteiger partial charge on any atom is -0.469 e. The van der Waals surface area contributed by atoms with E-state index in [1.165, 1.54) is 12.7 Å². The summed E-state index contributed by atoms with van der Waals surface area (Å²) in [5.41, 5.74) is 1.31. The summed E-state index contributed by atoms with van der Waals surface area (Å²) in [5, 5.41) is 0. The molecule has 0 aromatic rings. The molecule has 11 heavy (non-hydrogen) atoms. The van der Waals surface area contributed by atoms with Crippen LogP contribution in [-0.4, -0.2) is 13.1 Å². The van der Waals surface area contributed by atoms with Crippen molar-refractivity contribution in [2.24, 2.45) is 11.8 Å². The Kier molecular flexibility index (Phi) is 2.32. The number of carbonyl (C=O) groups excluding carboxylic acids is 1. The van der Waals surface area contributed by atoms with Gasteiger partial charge in [0.15, 0.2) is 0 Å². The highest BCUT2D eigenvalue weighted by molar-refractivity contribution is 5.75. The summed E-state index contributed by atoms with van der Waals surface area (Å²) in [6.45, 7) is 4.20. The molecule has 1 aliphatic carbocycles. The van der Waals surface area contributed by atoms with Crippen LogP contribution in [0.4, 0.5) is 0 Å². The molecule has 2 atom stereocenters. The molecule has 0 heterocycles. The molecule has 1 rings (SSSR count). The van der Waals surface area contributed by atoms with Crippen molar-refractivity contribution in [1.82, 2.24) is 0 Å². The van der Waals surface area contributed by atoms with E-state index in [-0.39, 0.29) is 11.9 Å². The van der Waals surface area contributed by atoms with E-state index in [0.717, 1.165) is 6.42 Å². The lowest BCUT2D eigenvalue weighted by molar-refractivity contribution is -0.143. The molecule has 2 heteroatoms. The van der Waals surface area contributed by atoms with Crippen molar-refractivity contribution >= 4 is 5.97 Å². The number of esters is 1. The lowest BCUT2D eigenvalue weighted by Crippen LogP contribution is -2.12. The topological polar surface area (TPSA) is 26.3 Å². The molecular formula is C9H14O2. The lowest BCUT2D eigenvalue weighted by Gasteiger charge is -2.05. The number of hydrogen-bond acceptors (Lipinski definition) is 2. The molecule has 0 saturated heterocycles. The molecule has 0 fully saturated rings. The molecule has 2 nitrogen and oxygen atoms in total. The van der Waals surface area contributed by atoms with Gasteiger partial charge in [-0.25, -0.2) is 0 Å². The summed E-state index contributed by atoms with van der Waals surface area (Å²) in [7, 11) is 1.44. The van der Waals surface area contributed by atoms with Crippen molar-refractivity contribution in [3.8, 4) is 0 Å². The maximum Gasteiger partial charge on any atom is 0.312 e. The minimum absolute atomic E-state index is 0.00926. The number of hydrogen-bond donors (Lipinski definition) is 0. The van der Waals surface area contributed by atoms with Crippen molar-refractivity contribution < 1.29 is 9.53 Å². The molecule has 2 unspecified atom stereocenters. The molecule has 0 bridgehead atoms. The predicted molar refractivity (Wildman–Crippen MR) is 43.0 cm³/mol. The maximum absolute atomic E-state index is 11.0. The van der Waals surface area contributed by atoms with Gasteiger partial charge in [-0.15, -0.1) is 0 Å². The monoisotopic (exact) mass is 154 g/mol. The second kappa shape index (κ2) is 3.07. The third kappa shape index (κ3) is 1.62. The highest BCUT2D eigenvalue weighted by atomic mass is 16.5. The molecule has 1 aliphatic rings. The van der Waals surface area contributed by atoms with Gasteiger partial charge < -0.3 is 4.74 Å². The first-order valence-corrected chi connectivity index (χ1v) is 3.91. The minimum atomic E-state index is -0.103. The summed E-state index contributed by atoms with van der Waals surface area (Å²) in [4.78, 5) is 11.0. The number of methoxy groups -OCH3 is 1. The molecule has 0 saturated carbocycles. The first-order chi connectivity index (χ1) is 5.15. The van der Waals surface area contributed by atoms with Gasteiger partial charge in [-0.05, 0) is 19.3 Å². The molecule has 62 valence electrons. The maximum atomic E-state index is 11.0. The van der Waals surface area contributed by atoms with E-state index in [9.17, 15) is 4.79 Å². The average Bonchev–Trinajstić information content (AvgIpc) is 2.31. The van der Waals surface area contributed by atoms with Gasteiger partial charge in [0.2, 0.25) is 0 Å². The Morgan fingerprint density at radius 2 is 2.36 bits per heavy atom. The van der Waals surface area contributed by atoms with Crippen molar-refractivity contribution in [2.75, 3.05) is 7.11 Å². The second-order valence-electron chi connectivity index (χ2n) is 3.18. The van der Waals surface area contributed by atoms with Crippen LogP contribution in [0.15, 0.2) is 11.6 Å². The Bertz CT molecular complexity index is 194. The van der Waals surface area contributed by atoms with Gasteiger partial charge >= 0.3 is 5.97 Å².